The summed E-state index contributed by atoms with van der Waals surface area (Å²) >= 11 is 2.82. The molecule has 0 aromatic carbocycles. The molecule has 5 heteroatoms. The topological polar surface area (TPSA) is 54.4 Å². The van der Waals surface area contributed by atoms with Gasteiger partial charge < -0.3 is 5.11 Å². The van der Waals surface area contributed by atoms with E-state index in [-0.39, 0.29) is 10.9 Å². The van der Waals surface area contributed by atoms with Crippen molar-refractivity contribution in [2.45, 2.75) is 37.4 Å². The minimum atomic E-state index is -0.729. The van der Waals surface area contributed by atoms with E-state index < -0.39 is 5.97 Å². The maximum atomic E-state index is 11.0. The number of carboxylic acid groups (broad SMARTS) is 1. The van der Waals surface area contributed by atoms with Crippen LogP contribution in [0, 0.1) is 0 Å². The fraction of sp³-hybridized carbons (Fsp3) is 0.778. The zero-order chi connectivity index (χ0) is 10.4. The van der Waals surface area contributed by atoms with Gasteiger partial charge >= 0.3 is 5.97 Å². The van der Waals surface area contributed by atoms with Gasteiger partial charge in [-0.05, 0) is 19.3 Å². The first kappa shape index (κ1) is 11.9. The van der Waals surface area contributed by atoms with Gasteiger partial charge in [0.25, 0.3) is 0 Å². The highest BCUT2D eigenvalue weighted by Gasteiger charge is 2.20. The van der Waals surface area contributed by atoms with Crippen LogP contribution >= 0.6 is 23.5 Å². The van der Waals surface area contributed by atoms with Crippen LogP contribution in [-0.2, 0) is 4.79 Å². The zero-order valence-corrected chi connectivity index (χ0v) is 9.53. The molecule has 1 aliphatic rings. The van der Waals surface area contributed by atoms with Crippen molar-refractivity contribution in [3.05, 3.63) is 0 Å². The lowest BCUT2D eigenvalue weighted by molar-refractivity contribution is -0.137. The van der Waals surface area contributed by atoms with Gasteiger partial charge in [-0.2, -0.15) is 0 Å². The highest BCUT2D eigenvalue weighted by Crippen LogP contribution is 2.33. The molecule has 0 aromatic heterocycles. The second-order valence-electron chi connectivity index (χ2n) is 3.27. The Kier molecular flexibility index (Phi) is 5.40. The predicted molar refractivity (Wildman–Crippen MR) is 60.0 cm³/mol. The molecular formula is C9H14O3S2. The second-order valence-corrected chi connectivity index (χ2v) is 5.87. The number of carbonyl (C=O) groups is 2. The summed E-state index contributed by atoms with van der Waals surface area (Å²) in [6.07, 6.45) is 3.95. The van der Waals surface area contributed by atoms with Gasteiger partial charge in [0.2, 0.25) is 4.45 Å². The van der Waals surface area contributed by atoms with E-state index in [1.807, 2.05) is 0 Å². The van der Waals surface area contributed by atoms with E-state index >= 15 is 0 Å². The summed E-state index contributed by atoms with van der Waals surface area (Å²) in [5.74, 6) is 0.197. The van der Waals surface area contributed by atoms with Crippen LogP contribution in [0.5, 0.6) is 0 Å². The summed E-state index contributed by atoms with van der Waals surface area (Å²) in [6, 6.07) is 0. The van der Waals surface area contributed by atoms with Crippen LogP contribution in [0.4, 0.5) is 4.79 Å². The molecule has 0 radical (unpaired) electrons. The van der Waals surface area contributed by atoms with E-state index in [0.717, 1.165) is 31.4 Å². The fourth-order valence-electron chi connectivity index (χ4n) is 1.35. The number of rotatable bonds is 5. The van der Waals surface area contributed by atoms with Gasteiger partial charge in [0.1, 0.15) is 0 Å². The van der Waals surface area contributed by atoms with Crippen molar-refractivity contribution in [1.29, 1.82) is 0 Å². The molecule has 0 amide bonds. The van der Waals surface area contributed by atoms with Crippen molar-refractivity contribution in [2.24, 2.45) is 0 Å². The summed E-state index contributed by atoms with van der Waals surface area (Å²) in [7, 11) is 0. The van der Waals surface area contributed by atoms with Gasteiger partial charge in [-0.3, -0.25) is 9.59 Å². The number of hydrogen-bond donors (Lipinski definition) is 1. The number of aliphatic carboxylic acids is 1. The average molecular weight is 234 g/mol. The molecule has 3 nitrogen and oxygen atoms in total. The summed E-state index contributed by atoms with van der Waals surface area (Å²) in [6.45, 7) is 0. The van der Waals surface area contributed by atoms with Crippen LogP contribution in [0.2, 0.25) is 0 Å². The molecule has 0 spiro atoms. The monoisotopic (exact) mass is 234 g/mol. The second kappa shape index (κ2) is 6.35. The van der Waals surface area contributed by atoms with Gasteiger partial charge in [0.15, 0.2) is 0 Å². The molecule has 1 N–H and O–H groups in total. The molecule has 80 valence electrons. The Bertz CT molecular complexity index is 218. The van der Waals surface area contributed by atoms with E-state index in [2.05, 4.69) is 0 Å². The number of carboxylic acids is 1. The van der Waals surface area contributed by atoms with Crippen molar-refractivity contribution in [3.63, 3.8) is 0 Å². The molecule has 0 saturated carbocycles. The quantitative estimate of drug-likeness (QED) is 0.741. The molecule has 0 aromatic rings. The number of thioether (sulfide) groups is 2. The van der Waals surface area contributed by atoms with E-state index in [4.69, 9.17) is 5.11 Å². The molecule has 0 bridgehead atoms. The molecule has 1 fully saturated rings. The predicted octanol–water partition coefficient (Wildman–Crippen LogP) is 2.99. The highest BCUT2D eigenvalue weighted by molar-refractivity contribution is 8.39. The SMILES string of the molecule is O=C(O)CCCC[C@@H]1CCSC(=O)S1. The van der Waals surface area contributed by atoms with Gasteiger partial charge in [-0.15, -0.1) is 0 Å². The molecule has 1 aliphatic heterocycles. The average Bonchev–Trinajstić information content (AvgIpc) is 2.12. The first-order valence-electron chi connectivity index (χ1n) is 4.73. The van der Waals surface area contributed by atoms with Crippen LogP contribution < -0.4 is 0 Å². The molecule has 1 rings (SSSR count). The largest absolute Gasteiger partial charge is 0.481 e. The molecule has 1 saturated heterocycles. The Hall–Kier alpha value is -0.160. The third-order valence-electron chi connectivity index (χ3n) is 2.09. The normalized spacial score (nSPS) is 22.3. The number of unbranched alkanes of at least 4 members (excludes halogenated alkanes) is 1. The maximum absolute atomic E-state index is 11.0. The lowest BCUT2D eigenvalue weighted by atomic mass is 10.1. The number of carbonyl (C=O) groups excluding carboxylic acids is 1. The van der Waals surface area contributed by atoms with Crippen molar-refractivity contribution >= 4 is 33.9 Å². The third-order valence-corrected chi connectivity index (χ3v) is 4.40. The highest BCUT2D eigenvalue weighted by atomic mass is 32.2. The van der Waals surface area contributed by atoms with Crippen molar-refractivity contribution < 1.29 is 14.7 Å². The molecule has 0 unspecified atom stereocenters. The minimum absolute atomic E-state index is 0.222. The van der Waals surface area contributed by atoms with E-state index in [1.54, 1.807) is 0 Å². The maximum Gasteiger partial charge on any atom is 0.303 e. The van der Waals surface area contributed by atoms with Crippen molar-refractivity contribution in [1.82, 2.24) is 0 Å². The van der Waals surface area contributed by atoms with Gasteiger partial charge in [0, 0.05) is 17.4 Å². The van der Waals surface area contributed by atoms with Crippen molar-refractivity contribution in [2.75, 3.05) is 5.75 Å². The van der Waals surface area contributed by atoms with E-state index in [0.29, 0.717) is 5.25 Å². The Morgan fingerprint density at radius 1 is 1.50 bits per heavy atom. The summed E-state index contributed by atoms with van der Waals surface area (Å²) < 4.78 is 0.222. The standard InChI is InChI=1S/C9H14O3S2/c10-8(11)4-2-1-3-7-5-6-13-9(12)14-7/h7H,1-6H2,(H,10,11)/t7-/m1/s1. The lowest BCUT2D eigenvalue weighted by Gasteiger charge is -2.18. The minimum Gasteiger partial charge on any atom is -0.481 e. The van der Waals surface area contributed by atoms with Crippen LogP contribution in [0.3, 0.4) is 0 Å². The fourth-order valence-corrected chi connectivity index (χ4v) is 3.80. The Morgan fingerprint density at radius 3 is 2.93 bits per heavy atom. The molecule has 1 atom stereocenters. The van der Waals surface area contributed by atoms with Gasteiger partial charge in [-0.1, -0.05) is 29.9 Å². The summed E-state index contributed by atoms with van der Waals surface area (Å²) in [4.78, 5) is 21.3. The van der Waals surface area contributed by atoms with Crippen LogP contribution in [0.1, 0.15) is 32.1 Å². The van der Waals surface area contributed by atoms with Crippen LogP contribution in [0.25, 0.3) is 0 Å². The summed E-state index contributed by atoms with van der Waals surface area (Å²) in [5.41, 5.74) is 0. The van der Waals surface area contributed by atoms with E-state index in [9.17, 15) is 9.59 Å². The van der Waals surface area contributed by atoms with Gasteiger partial charge in [0.05, 0.1) is 0 Å². The Morgan fingerprint density at radius 2 is 2.29 bits per heavy atom. The zero-order valence-electron chi connectivity index (χ0n) is 7.90. The van der Waals surface area contributed by atoms with E-state index in [1.165, 1.54) is 23.5 Å². The van der Waals surface area contributed by atoms with Crippen molar-refractivity contribution in [3.8, 4) is 0 Å². The lowest BCUT2D eigenvalue weighted by Crippen LogP contribution is -2.12. The third kappa shape index (κ3) is 4.91. The van der Waals surface area contributed by atoms with Crippen LogP contribution in [-0.4, -0.2) is 26.5 Å². The first-order valence-corrected chi connectivity index (χ1v) is 6.60. The Balaban J connectivity index is 2.06. The molecule has 1 heterocycles. The molecule has 0 aliphatic carbocycles. The Labute approximate surface area is 92.0 Å². The van der Waals surface area contributed by atoms with Gasteiger partial charge in [-0.25, -0.2) is 0 Å². The first-order chi connectivity index (χ1) is 6.68. The van der Waals surface area contributed by atoms with Crippen LogP contribution in [0.15, 0.2) is 0 Å². The smallest absolute Gasteiger partial charge is 0.303 e. The molecule has 14 heavy (non-hydrogen) atoms. The summed E-state index contributed by atoms with van der Waals surface area (Å²) in [5, 5.41) is 8.86. The number of hydrogen-bond acceptors (Lipinski definition) is 4. The molecular weight excluding hydrogens is 220 g/mol.